The van der Waals surface area contributed by atoms with Crippen LogP contribution in [-0.2, 0) is 19.6 Å². The second kappa shape index (κ2) is 7.31. The van der Waals surface area contributed by atoms with Crippen molar-refractivity contribution in [2.24, 2.45) is 17.6 Å². The highest BCUT2D eigenvalue weighted by Crippen LogP contribution is 2.26. The van der Waals surface area contributed by atoms with Crippen molar-refractivity contribution in [3.05, 3.63) is 29.8 Å². The second-order valence-corrected chi connectivity index (χ2v) is 8.27. The molecular formula is C16H22N2O5S. The summed E-state index contributed by atoms with van der Waals surface area (Å²) in [5, 5.41) is 0. The SMILES string of the molecule is C[C@@H]1C[C@@H](C)CN(S(=O)(=O)c2ccc(C(=O)OCC(N)=O)cc2)C1. The number of rotatable bonds is 5. The molecule has 0 aromatic heterocycles. The molecule has 1 fully saturated rings. The van der Waals surface area contributed by atoms with Gasteiger partial charge in [-0.05, 0) is 42.5 Å². The first-order chi connectivity index (χ1) is 11.2. The van der Waals surface area contributed by atoms with E-state index in [4.69, 9.17) is 5.73 Å². The van der Waals surface area contributed by atoms with E-state index in [9.17, 15) is 18.0 Å². The van der Waals surface area contributed by atoms with Crippen LogP contribution in [0, 0.1) is 11.8 Å². The number of piperidine rings is 1. The maximum atomic E-state index is 12.7. The Labute approximate surface area is 141 Å². The first-order valence-electron chi connectivity index (χ1n) is 7.75. The van der Waals surface area contributed by atoms with E-state index in [1.807, 2.05) is 13.8 Å². The van der Waals surface area contributed by atoms with E-state index in [0.29, 0.717) is 24.9 Å². The quantitative estimate of drug-likeness (QED) is 0.794. The van der Waals surface area contributed by atoms with E-state index in [2.05, 4.69) is 4.74 Å². The zero-order valence-electron chi connectivity index (χ0n) is 13.8. The fourth-order valence-electron chi connectivity index (χ4n) is 2.93. The molecule has 1 amide bonds. The fourth-order valence-corrected chi connectivity index (χ4v) is 4.61. The number of sulfonamides is 1. The summed E-state index contributed by atoms with van der Waals surface area (Å²) in [6.45, 7) is 4.55. The third kappa shape index (κ3) is 4.33. The van der Waals surface area contributed by atoms with Crippen LogP contribution in [0.1, 0.15) is 30.6 Å². The normalized spacial score (nSPS) is 22.1. The molecule has 1 aromatic carbocycles. The van der Waals surface area contributed by atoms with Gasteiger partial charge in [0.1, 0.15) is 0 Å². The molecule has 0 bridgehead atoms. The average molecular weight is 354 g/mol. The molecule has 7 nitrogen and oxygen atoms in total. The summed E-state index contributed by atoms with van der Waals surface area (Å²) in [7, 11) is -3.59. The topological polar surface area (TPSA) is 107 Å². The van der Waals surface area contributed by atoms with Gasteiger partial charge in [0.05, 0.1) is 10.5 Å². The van der Waals surface area contributed by atoms with E-state index in [1.54, 1.807) is 0 Å². The molecule has 0 aliphatic carbocycles. The van der Waals surface area contributed by atoms with Gasteiger partial charge in [-0.3, -0.25) is 4.79 Å². The molecule has 2 atom stereocenters. The van der Waals surface area contributed by atoms with Gasteiger partial charge in [0.2, 0.25) is 10.0 Å². The molecule has 1 heterocycles. The molecule has 24 heavy (non-hydrogen) atoms. The fraction of sp³-hybridized carbons (Fsp3) is 0.500. The lowest BCUT2D eigenvalue weighted by Gasteiger charge is -2.34. The Morgan fingerprint density at radius 1 is 1.17 bits per heavy atom. The number of benzene rings is 1. The van der Waals surface area contributed by atoms with Crippen LogP contribution in [-0.4, -0.2) is 44.3 Å². The Bertz CT molecular complexity index is 704. The van der Waals surface area contributed by atoms with Crippen LogP contribution in [0.5, 0.6) is 0 Å². The van der Waals surface area contributed by atoms with E-state index in [-0.39, 0.29) is 10.5 Å². The van der Waals surface area contributed by atoms with Crippen LogP contribution in [0.3, 0.4) is 0 Å². The summed E-state index contributed by atoms with van der Waals surface area (Å²) >= 11 is 0. The molecule has 2 N–H and O–H groups in total. The number of primary amides is 1. The van der Waals surface area contributed by atoms with Crippen molar-refractivity contribution in [2.45, 2.75) is 25.2 Å². The van der Waals surface area contributed by atoms with Gasteiger partial charge in [-0.25, -0.2) is 13.2 Å². The van der Waals surface area contributed by atoms with Crippen molar-refractivity contribution in [2.75, 3.05) is 19.7 Å². The lowest BCUT2D eigenvalue weighted by atomic mass is 9.94. The minimum Gasteiger partial charge on any atom is -0.452 e. The highest BCUT2D eigenvalue weighted by molar-refractivity contribution is 7.89. The number of nitrogens with two attached hydrogens (primary N) is 1. The molecule has 0 radical (unpaired) electrons. The van der Waals surface area contributed by atoms with Gasteiger partial charge in [-0.1, -0.05) is 13.8 Å². The molecule has 1 aromatic rings. The van der Waals surface area contributed by atoms with E-state index < -0.39 is 28.5 Å². The zero-order valence-corrected chi connectivity index (χ0v) is 14.6. The first-order valence-corrected chi connectivity index (χ1v) is 9.19. The van der Waals surface area contributed by atoms with Gasteiger partial charge >= 0.3 is 5.97 Å². The number of hydrogen-bond acceptors (Lipinski definition) is 5. The van der Waals surface area contributed by atoms with Gasteiger partial charge in [-0.2, -0.15) is 4.31 Å². The summed E-state index contributed by atoms with van der Waals surface area (Å²) in [5.41, 5.74) is 5.07. The van der Waals surface area contributed by atoms with Crippen LogP contribution in [0.2, 0.25) is 0 Å². The van der Waals surface area contributed by atoms with Crippen LogP contribution in [0.15, 0.2) is 29.2 Å². The van der Waals surface area contributed by atoms with Gasteiger partial charge in [0.25, 0.3) is 5.91 Å². The minimum absolute atomic E-state index is 0.134. The van der Waals surface area contributed by atoms with E-state index in [0.717, 1.165) is 6.42 Å². The Morgan fingerprint density at radius 3 is 2.21 bits per heavy atom. The predicted octanol–water partition coefficient (Wildman–Crippen LogP) is 0.995. The summed E-state index contributed by atoms with van der Waals surface area (Å²) in [5.74, 6) is -0.855. The number of amides is 1. The smallest absolute Gasteiger partial charge is 0.338 e. The monoisotopic (exact) mass is 354 g/mol. The molecule has 8 heteroatoms. The third-order valence-electron chi connectivity index (χ3n) is 3.91. The van der Waals surface area contributed by atoms with Gasteiger partial charge < -0.3 is 10.5 Å². The minimum atomic E-state index is -3.59. The highest BCUT2D eigenvalue weighted by atomic mass is 32.2. The average Bonchev–Trinajstić information content (AvgIpc) is 2.51. The number of carbonyl (C=O) groups excluding carboxylic acids is 2. The van der Waals surface area contributed by atoms with Crippen LogP contribution < -0.4 is 5.73 Å². The maximum absolute atomic E-state index is 12.7. The molecule has 2 rings (SSSR count). The third-order valence-corrected chi connectivity index (χ3v) is 5.75. The summed E-state index contributed by atoms with van der Waals surface area (Å²) < 4.78 is 31.6. The second-order valence-electron chi connectivity index (χ2n) is 6.33. The Kier molecular flexibility index (Phi) is 5.61. The van der Waals surface area contributed by atoms with Gasteiger partial charge in [0.15, 0.2) is 6.61 Å². The number of nitrogens with zero attached hydrogens (tertiary/aromatic N) is 1. The van der Waals surface area contributed by atoms with Gasteiger partial charge in [-0.15, -0.1) is 0 Å². The summed E-state index contributed by atoms with van der Waals surface area (Å²) in [6, 6.07) is 5.49. The lowest BCUT2D eigenvalue weighted by molar-refractivity contribution is -0.121. The van der Waals surface area contributed by atoms with Crippen molar-refractivity contribution >= 4 is 21.9 Å². The maximum Gasteiger partial charge on any atom is 0.338 e. The molecule has 1 saturated heterocycles. The van der Waals surface area contributed by atoms with Crippen LogP contribution in [0.25, 0.3) is 0 Å². The number of carbonyl (C=O) groups is 2. The van der Waals surface area contributed by atoms with Crippen LogP contribution in [0.4, 0.5) is 0 Å². The lowest BCUT2D eigenvalue weighted by Crippen LogP contribution is -2.42. The van der Waals surface area contributed by atoms with Gasteiger partial charge in [0, 0.05) is 13.1 Å². The Hall–Kier alpha value is -1.93. The summed E-state index contributed by atoms with van der Waals surface area (Å²) in [4.78, 5) is 22.5. The molecule has 132 valence electrons. The molecule has 1 aliphatic rings. The van der Waals surface area contributed by atoms with E-state index in [1.165, 1.54) is 28.6 Å². The highest BCUT2D eigenvalue weighted by Gasteiger charge is 2.31. The van der Waals surface area contributed by atoms with Crippen molar-refractivity contribution in [1.82, 2.24) is 4.31 Å². The molecular weight excluding hydrogens is 332 g/mol. The summed E-state index contributed by atoms with van der Waals surface area (Å²) in [6.07, 6.45) is 1.01. The number of esters is 1. The predicted molar refractivity (Wildman–Crippen MR) is 87.6 cm³/mol. The largest absolute Gasteiger partial charge is 0.452 e. The Morgan fingerprint density at radius 2 is 1.71 bits per heavy atom. The molecule has 0 unspecified atom stereocenters. The van der Waals surface area contributed by atoms with Crippen molar-refractivity contribution < 1.29 is 22.7 Å². The number of ether oxygens (including phenoxy) is 1. The van der Waals surface area contributed by atoms with Crippen LogP contribution >= 0.6 is 0 Å². The van der Waals surface area contributed by atoms with E-state index >= 15 is 0 Å². The number of hydrogen-bond donors (Lipinski definition) is 1. The van der Waals surface area contributed by atoms with Crippen molar-refractivity contribution in [3.8, 4) is 0 Å². The molecule has 0 saturated carbocycles. The van der Waals surface area contributed by atoms with Crippen molar-refractivity contribution in [3.63, 3.8) is 0 Å². The molecule has 1 aliphatic heterocycles. The van der Waals surface area contributed by atoms with Crippen molar-refractivity contribution in [1.29, 1.82) is 0 Å². The molecule has 0 spiro atoms. The first kappa shape index (κ1) is 18.4. The Balaban J connectivity index is 2.14. The standard InChI is InChI=1S/C16H22N2O5S/c1-11-7-12(2)9-18(8-11)24(21,22)14-5-3-13(4-6-14)16(20)23-10-15(17)19/h3-6,11-12H,7-10H2,1-2H3,(H2,17,19)/t11-,12-/m1/s1. The zero-order chi connectivity index (χ0) is 17.9.